The van der Waals surface area contributed by atoms with E-state index in [0.717, 1.165) is 5.75 Å². The van der Waals surface area contributed by atoms with Crippen LogP contribution >= 0.6 is 11.3 Å². The second-order valence-electron chi connectivity index (χ2n) is 9.71. The van der Waals surface area contributed by atoms with Gasteiger partial charge in [0, 0.05) is 31.9 Å². The largest absolute Gasteiger partial charge is 0.495 e. The van der Waals surface area contributed by atoms with Crippen molar-refractivity contribution < 1.29 is 4.74 Å². The summed E-state index contributed by atoms with van der Waals surface area (Å²) >= 11 is 1.84. The molecule has 0 fully saturated rings. The van der Waals surface area contributed by atoms with Crippen LogP contribution in [-0.2, 0) is 0 Å². The standard InChI is InChI=1S/C35H23NOS/c1-37-31-17-9-15-27-32-28(24-19-18-22-10-5-6-11-23(22)20-24)21-30-33(35(32)38-34(27)31)26-14-7-8-16-29(26)36(30)25-12-3-2-4-13-25/h2-21H,1H3. The predicted molar refractivity (Wildman–Crippen MR) is 163 cm³/mol. The van der Waals surface area contributed by atoms with Crippen LogP contribution in [0.5, 0.6) is 5.75 Å². The van der Waals surface area contributed by atoms with Crippen LogP contribution in [0.2, 0.25) is 0 Å². The van der Waals surface area contributed by atoms with Crippen LogP contribution in [0, 0.1) is 0 Å². The van der Waals surface area contributed by atoms with Crippen LogP contribution in [0.25, 0.3) is 69.6 Å². The van der Waals surface area contributed by atoms with Gasteiger partial charge in [0.25, 0.3) is 0 Å². The molecule has 0 aliphatic carbocycles. The Kier molecular flexibility index (Phi) is 4.64. The van der Waals surface area contributed by atoms with E-state index in [1.807, 2.05) is 11.3 Å². The first-order chi connectivity index (χ1) is 18.8. The molecule has 6 aromatic carbocycles. The Morgan fingerprint density at radius 1 is 0.579 bits per heavy atom. The lowest BCUT2D eigenvalue weighted by molar-refractivity contribution is 0.420. The molecule has 0 radical (unpaired) electrons. The number of methoxy groups -OCH3 is 1. The van der Waals surface area contributed by atoms with Crippen LogP contribution in [0.15, 0.2) is 121 Å². The quantitative estimate of drug-likeness (QED) is 0.233. The summed E-state index contributed by atoms with van der Waals surface area (Å²) in [6.07, 6.45) is 0. The Labute approximate surface area is 223 Å². The molecule has 8 rings (SSSR count). The maximum Gasteiger partial charge on any atom is 0.136 e. The van der Waals surface area contributed by atoms with Gasteiger partial charge in [0.05, 0.1) is 22.8 Å². The van der Waals surface area contributed by atoms with Crippen LogP contribution < -0.4 is 4.74 Å². The Balaban J connectivity index is 1.62. The minimum atomic E-state index is 0.924. The Morgan fingerprint density at radius 2 is 1.34 bits per heavy atom. The van der Waals surface area contributed by atoms with Crippen molar-refractivity contribution in [3.05, 3.63) is 121 Å². The minimum absolute atomic E-state index is 0.924. The molecule has 0 spiro atoms. The molecule has 3 heteroatoms. The number of aromatic nitrogens is 1. The first-order valence-corrected chi connectivity index (χ1v) is 13.6. The van der Waals surface area contributed by atoms with Gasteiger partial charge in [-0.25, -0.2) is 0 Å². The fourth-order valence-corrected chi connectivity index (χ4v) is 7.36. The zero-order valence-electron chi connectivity index (χ0n) is 20.8. The molecule has 0 N–H and O–H groups in total. The van der Waals surface area contributed by atoms with E-state index in [0.29, 0.717) is 0 Å². The van der Waals surface area contributed by atoms with Gasteiger partial charge in [-0.15, -0.1) is 11.3 Å². The summed E-state index contributed by atoms with van der Waals surface area (Å²) in [6, 6.07) is 43.7. The fraction of sp³-hybridized carbons (Fsp3) is 0.0286. The van der Waals surface area contributed by atoms with Gasteiger partial charge in [-0.3, -0.25) is 0 Å². The molecule has 0 aliphatic rings. The lowest BCUT2D eigenvalue weighted by Gasteiger charge is -2.11. The molecule has 0 saturated carbocycles. The van der Waals surface area contributed by atoms with Crippen molar-refractivity contribution in [2.45, 2.75) is 0 Å². The Bertz CT molecular complexity index is 2170. The van der Waals surface area contributed by atoms with Crippen molar-refractivity contribution in [1.29, 1.82) is 0 Å². The van der Waals surface area contributed by atoms with Gasteiger partial charge in [-0.2, -0.15) is 0 Å². The van der Waals surface area contributed by atoms with Gasteiger partial charge in [0.2, 0.25) is 0 Å². The lowest BCUT2D eigenvalue weighted by atomic mass is 9.95. The number of hydrogen-bond donors (Lipinski definition) is 0. The van der Waals surface area contributed by atoms with E-state index in [9.17, 15) is 0 Å². The van der Waals surface area contributed by atoms with Crippen LogP contribution in [0.4, 0.5) is 0 Å². The number of rotatable bonds is 3. The van der Waals surface area contributed by atoms with Crippen molar-refractivity contribution in [3.8, 4) is 22.6 Å². The third kappa shape index (κ3) is 3.00. The molecular weight excluding hydrogens is 482 g/mol. The molecule has 38 heavy (non-hydrogen) atoms. The number of nitrogens with zero attached hydrogens (tertiary/aromatic N) is 1. The van der Waals surface area contributed by atoms with Crippen LogP contribution in [0.3, 0.4) is 0 Å². The van der Waals surface area contributed by atoms with Gasteiger partial charge < -0.3 is 9.30 Å². The number of fused-ring (bicyclic) bond motifs is 8. The first kappa shape index (κ1) is 21.5. The molecule has 8 aromatic rings. The van der Waals surface area contributed by atoms with E-state index in [2.05, 4.69) is 126 Å². The topological polar surface area (TPSA) is 14.2 Å². The van der Waals surface area contributed by atoms with Crippen molar-refractivity contribution in [2.75, 3.05) is 7.11 Å². The molecule has 0 unspecified atom stereocenters. The zero-order chi connectivity index (χ0) is 25.2. The van der Waals surface area contributed by atoms with Crippen molar-refractivity contribution in [3.63, 3.8) is 0 Å². The van der Waals surface area contributed by atoms with Crippen LogP contribution in [-0.4, -0.2) is 11.7 Å². The van der Waals surface area contributed by atoms with E-state index in [1.165, 1.54) is 69.6 Å². The summed E-state index contributed by atoms with van der Waals surface area (Å²) in [7, 11) is 1.76. The molecule has 0 atom stereocenters. The monoisotopic (exact) mass is 505 g/mol. The first-order valence-electron chi connectivity index (χ1n) is 12.8. The average Bonchev–Trinajstić information content (AvgIpc) is 3.53. The van der Waals surface area contributed by atoms with E-state index < -0.39 is 0 Å². The summed E-state index contributed by atoms with van der Waals surface area (Å²) in [5, 5.41) is 7.61. The molecule has 2 aromatic heterocycles. The van der Waals surface area contributed by atoms with Gasteiger partial charge >= 0.3 is 0 Å². The Hall–Kier alpha value is -4.60. The summed E-state index contributed by atoms with van der Waals surface area (Å²) in [5.74, 6) is 0.924. The minimum Gasteiger partial charge on any atom is -0.495 e. The summed E-state index contributed by atoms with van der Waals surface area (Å²) in [6.45, 7) is 0. The maximum absolute atomic E-state index is 5.84. The molecular formula is C35H23NOS. The molecule has 0 amide bonds. The number of hydrogen-bond acceptors (Lipinski definition) is 2. The summed E-state index contributed by atoms with van der Waals surface area (Å²) < 4.78 is 10.7. The van der Waals surface area contributed by atoms with Gasteiger partial charge in [0.1, 0.15) is 5.75 Å². The second-order valence-corrected chi connectivity index (χ2v) is 10.7. The van der Waals surface area contributed by atoms with E-state index in [-0.39, 0.29) is 0 Å². The lowest BCUT2D eigenvalue weighted by Crippen LogP contribution is -1.93. The van der Waals surface area contributed by atoms with E-state index in [1.54, 1.807) is 7.11 Å². The average molecular weight is 506 g/mol. The number of thiophene rings is 1. The smallest absolute Gasteiger partial charge is 0.136 e. The van der Waals surface area contributed by atoms with Crippen molar-refractivity contribution >= 4 is 64.1 Å². The molecule has 180 valence electrons. The molecule has 0 aliphatic heterocycles. The molecule has 2 heterocycles. The van der Waals surface area contributed by atoms with Gasteiger partial charge in [-0.1, -0.05) is 84.9 Å². The molecule has 2 nitrogen and oxygen atoms in total. The van der Waals surface area contributed by atoms with Crippen LogP contribution in [0.1, 0.15) is 0 Å². The molecule has 0 bridgehead atoms. The number of ether oxygens (including phenoxy) is 1. The second kappa shape index (κ2) is 8.20. The van der Waals surface area contributed by atoms with E-state index in [4.69, 9.17) is 4.74 Å². The number of para-hydroxylation sites is 2. The highest BCUT2D eigenvalue weighted by molar-refractivity contribution is 7.27. The highest BCUT2D eigenvalue weighted by Gasteiger charge is 2.22. The highest BCUT2D eigenvalue weighted by Crippen LogP contribution is 2.49. The van der Waals surface area contributed by atoms with Gasteiger partial charge in [0.15, 0.2) is 0 Å². The predicted octanol–water partition coefficient (Wildman–Crippen LogP) is 9.98. The Morgan fingerprint density at radius 3 is 2.21 bits per heavy atom. The maximum atomic E-state index is 5.84. The van der Waals surface area contributed by atoms with Crippen molar-refractivity contribution in [2.24, 2.45) is 0 Å². The SMILES string of the molecule is COc1cccc2c1sc1c2c(-c2ccc3ccccc3c2)cc2c1c1ccccc1n2-c1ccccc1. The fourth-order valence-electron chi connectivity index (χ4n) is 5.98. The zero-order valence-corrected chi connectivity index (χ0v) is 21.6. The van der Waals surface area contributed by atoms with E-state index >= 15 is 0 Å². The van der Waals surface area contributed by atoms with Gasteiger partial charge in [-0.05, 0) is 58.3 Å². The highest BCUT2D eigenvalue weighted by atomic mass is 32.1. The summed E-state index contributed by atoms with van der Waals surface area (Å²) in [5.41, 5.74) is 6.08. The molecule has 0 saturated heterocycles. The van der Waals surface area contributed by atoms with Crippen molar-refractivity contribution in [1.82, 2.24) is 4.57 Å². The summed E-state index contributed by atoms with van der Waals surface area (Å²) in [4.78, 5) is 0. The normalized spacial score (nSPS) is 11.8. The third-order valence-electron chi connectivity index (χ3n) is 7.66. The third-order valence-corrected chi connectivity index (χ3v) is 8.90. The number of benzene rings is 6.